The van der Waals surface area contributed by atoms with Crippen LogP contribution in [0.4, 0.5) is 10.1 Å². The first-order chi connectivity index (χ1) is 14.5. The molecule has 1 fully saturated rings. The molecule has 4 rings (SSSR count). The van der Waals surface area contributed by atoms with Crippen molar-refractivity contribution in [1.82, 2.24) is 5.43 Å². The number of hydrogen-bond donors (Lipinski definition) is 1. The number of halogens is 1. The predicted molar refractivity (Wildman–Crippen MR) is 108 cm³/mol. The number of benzene rings is 3. The lowest BCUT2D eigenvalue weighted by Gasteiger charge is -2.13. The van der Waals surface area contributed by atoms with Crippen molar-refractivity contribution in [2.75, 3.05) is 5.01 Å². The Morgan fingerprint density at radius 2 is 1.57 bits per heavy atom. The molecule has 1 aliphatic rings. The number of ether oxygens (including phenoxy) is 1. The molecule has 0 saturated carbocycles. The van der Waals surface area contributed by atoms with Gasteiger partial charge in [-0.3, -0.25) is 15.0 Å². The monoisotopic (exact) mass is 402 g/mol. The molecule has 1 saturated heterocycles. The van der Waals surface area contributed by atoms with E-state index in [-0.39, 0.29) is 16.9 Å². The van der Waals surface area contributed by atoms with Gasteiger partial charge >= 0.3 is 5.97 Å². The van der Waals surface area contributed by atoms with Gasteiger partial charge in [-0.05, 0) is 48.0 Å². The largest absolute Gasteiger partial charge is 0.423 e. The van der Waals surface area contributed by atoms with Crippen LogP contribution in [0.2, 0.25) is 0 Å². The topological polar surface area (TPSA) is 75.7 Å². The minimum absolute atomic E-state index is 0.0186. The molecule has 3 aromatic carbocycles. The van der Waals surface area contributed by atoms with Crippen molar-refractivity contribution in [2.45, 2.75) is 0 Å². The van der Waals surface area contributed by atoms with E-state index in [1.165, 1.54) is 47.5 Å². The normalized spacial score (nSPS) is 14.7. The number of amides is 2. The molecule has 3 aromatic rings. The lowest BCUT2D eigenvalue weighted by Crippen LogP contribution is -2.35. The molecule has 0 bridgehead atoms. The van der Waals surface area contributed by atoms with Gasteiger partial charge < -0.3 is 4.74 Å². The van der Waals surface area contributed by atoms with E-state index in [1.807, 2.05) is 6.07 Å². The van der Waals surface area contributed by atoms with Gasteiger partial charge in [0, 0.05) is 0 Å². The fraction of sp³-hybridized carbons (Fsp3) is 0. The fourth-order valence-corrected chi connectivity index (χ4v) is 2.90. The van der Waals surface area contributed by atoms with Crippen molar-refractivity contribution in [2.24, 2.45) is 0 Å². The van der Waals surface area contributed by atoms with Gasteiger partial charge in [0.2, 0.25) is 0 Å². The van der Waals surface area contributed by atoms with Crippen LogP contribution in [0.5, 0.6) is 5.75 Å². The number of para-hydroxylation sites is 1. The third-order valence-corrected chi connectivity index (χ3v) is 4.40. The van der Waals surface area contributed by atoms with E-state index in [9.17, 15) is 18.8 Å². The summed E-state index contributed by atoms with van der Waals surface area (Å²) in [5.74, 6) is -2.26. The molecule has 6 nitrogen and oxygen atoms in total. The lowest BCUT2D eigenvalue weighted by atomic mass is 10.1. The van der Waals surface area contributed by atoms with Crippen LogP contribution in [-0.4, -0.2) is 17.8 Å². The van der Waals surface area contributed by atoms with Crippen LogP contribution in [0.25, 0.3) is 6.08 Å². The number of esters is 1. The SMILES string of the molecule is O=C1NN(c2ccccc2)C(=O)C1=Cc1ccc(OC(=O)c2ccccc2F)cc1. The number of hydrogen-bond acceptors (Lipinski definition) is 4. The molecule has 30 heavy (non-hydrogen) atoms. The van der Waals surface area contributed by atoms with Crippen LogP contribution in [0.3, 0.4) is 0 Å². The summed E-state index contributed by atoms with van der Waals surface area (Å²) in [7, 11) is 0. The van der Waals surface area contributed by atoms with Gasteiger partial charge in [0.1, 0.15) is 17.1 Å². The molecule has 0 spiro atoms. The van der Waals surface area contributed by atoms with Crippen LogP contribution < -0.4 is 15.2 Å². The molecule has 0 radical (unpaired) electrons. The van der Waals surface area contributed by atoms with Gasteiger partial charge in [0.25, 0.3) is 11.8 Å². The highest BCUT2D eigenvalue weighted by atomic mass is 19.1. The maximum atomic E-state index is 13.7. The minimum atomic E-state index is -0.817. The fourth-order valence-electron chi connectivity index (χ4n) is 2.90. The van der Waals surface area contributed by atoms with Crippen LogP contribution >= 0.6 is 0 Å². The lowest BCUT2D eigenvalue weighted by molar-refractivity contribution is -0.117. The summed E-state index contributed by atoms with van der Waals surface area (Å²) in [5.41, 5.74) is 3.45. The van der Waals surface area contributed by atoms with E-state index in [0.717, 1.165) is 0 Å². The van der Waals surface area contributed by atoms with Crippen LogP contribution in [0.15, 0.2) is 84.4 Å². The highest BCUT2D eigenvalue weighted by molar-refractivity contribution is 6.31. The average Bonchev–Trinajstić information content (AvgIpc) is 3.04. The van der Waals surface area contributed by atoms with Crippen molar-refractivity contribution in [3.8, 4) is 5.75 Å². The van der Waals surface area contributed by atoms with Crippen molar-refractivity contribution in [3.05, 3.63) is 101 Å². The molecule has 7 heteroatoms. The summed E-state index contributed by atoms with van der Waals surface area (Å²) < 4.78 is 18.8. The first kappa shape index (κ1) is 19.1. The van der Waals surface area contributed by atoms with Crippen molar-refractivity contribution >= 4 is 29.5 Å². The molecule has 0 unspecified atom stereocenters. The maximum absolute atomic E-state index is 13.7. The molecule has 1 N–H and O–H groups in total. The van der Waals surface area contributed by atoms with Crippen molar-refractivity contribution in [1.29, 1.82) is 0 Å². The molecule has 0 aromatic heterocycles. The van der Waals surface area contributed by atoms with E-state index in [2.05, 4.69) is 5.43 Å². The van der Waals surface area contributed by atoms with E-state index >= 15 is 0 Å². The summed E-state index contributed by atoms with van der Waals surface area (Å²) in [6.07, 6.45) is 1.45. The zero-order valence-corrected chi connectivity index (χ0v) is 15.5. The van der Waals surface area contributed by atoms with Gasteiger partial charge in [0.05, 0.1) is 11.3 Å². The molecule has 2 amide bonds. The van der Waals surface area contributed by atoms with Crippen LogP contribution in [0.1, 0.15) is 15.9 Å². The Balaban J connectivity index is 1.50. The Kier molecular flexibility index (Phi) is 5.09. The molecule has 0 atom stereocenters. The zero-order valence-electron chi connectivity index (χ0n) is 15.5. The maximum Gasteiger partial charge on any atom is 0.346 e. The van der Waals surface area contributed by atoms with E-state index in [1.54, 1.807) is 36.4 Å². The Bertz CT molecular complexity index is 1160. The summed E-state index contributed by atoms with van der Waals surface area (Å²) in [6, 6.07) is 20.4. The van der Waals surface area contributed by atoms with E-state index < -0.39 is 23.6 Å². The molecule has 1 aliphatic heterocycles. The first-order valence-corrected chi connectivity index (χ1v) is 9.02. The number of anilines is 1. The van der Waals surface area contributed by atoms with Crippen LogP contribution in [0, 0.1) is 5.82 Å². The quantitative estimate of drug-likeness (QED) is 0.314. The van der Waals surface area contributed by atoms with Crippen molar-refractivity contribution < 1.29 is 23.5 Å². The Hall–Kier alpha value is -4.26. The Labute approximate surface area is 171 Å². The molecular formula is C23H15FN2O4. The molecule has 148 valence electrons. The number of rotatable bonds is 4. The first-order valence-electron chi connectivity index (χ1n) is 9.02. The van der Waals surface area contributed by atoms with Gasteiger partial charge in [-0.15, -0.1) is 0 Å². The van der Waals surface area contributed by atoms with Gasteiger partial charge in [-0.25, -0.2) is 14.2 Å². The Morgan fingerprint density at radius 1 is 0.900 bits per heavy atom. The average molecular weight is 402 g/mol. The second-order valence-corrected chi connectivity index (χ2v) is 6.41. The minimum Gasteiger partial charge on any atom is -0.423 e. The summed E-state index contributed by atoms with van der Waals surface area (Å²) in [4.78, 5) is 36.9. The summed E-state index contributed by atoms with van der Waals surface area (Å²) in [6.45, 7) is 0. The number of nitrogens with zero attached hydrogens (tertiary/aromatic N) is 1. The van der Waals surface area contributed by atoms with Crippen LogP contribution in [-0.2, 0) is 9.59 Å². The third-order valence-electron chi connectivity index (χ3n) is 4.40. The van der Waals surface area contributed by atoms with Gasteiger partial charge in [0.15, 0.2) is 0 Å². The second kappa shape index (κ2) is 8.00. The standard InChI is InChI=1S/C23H15FN2O4/c24-20-9-5-4-8-18(20)23(29)30-17-12-10-15(11-13-17)14-19-21(27)25-26(22(19)28)16-6-2-1-3-7-16/h1-14H,(H,25,27). The number of carbonyl (C=O) groups excluding carboxylic acids is 3. The van der Waals surface area contributed by atoms with Crippen molar-refractivity contribution in [3.63, 3.8) is 0 Å². The number of hydrazine groups is 1. The second-order valence-electron chi connectivity index (χ2n) is 6.41. The van der Waals surface area contributed by atoms with Gasteiger partial charge in [-0.2, -0.15) is 0 Å². The Morgan fingerprint density at radius 3 is 2.27 bits per heavy atom. The summed E-state index contributed by atoms with van der Waals surface area (Å²) in [5, 5.41) is 1.18. The zero-order chi connectivity index (χ0) is 21.1. The smallest absolute Gasteiger partial charge is 0.346 e. The molecular weight excluding hydrogens is 387 g/mol. The predicted octanol–water partition coefficient (Wildman–Crippen LogP) is 3.51. The van der Waals surface area contributed by atoms with E-state index in [4.69, 9.17) is 4.74 Å². The van der Waals surface area contributed by atoms with E-state index in [0.29, 0.717) is 11.3 Å². The number of nitrogens with one attached hydrogen (secondary N) is 1. The highest BCUT2D eigenvalue weighted by Crippen LogP contribution is 2.22. The summed E-state index contributed by atoms with van der Waals surface area (Å²) >= 11 is 0. The molecule has 0 aliphatic carbocycles. The third kappa shape index (κ3) is 3.81. The molecule has 1 heterocycles. The highest BCUT2D eigenvalue weighted by Gasteiger charge is 2.34. The van der Waals surface area contributed by atoms with Gasteiger partial charge in [-0.1, -0.05) is 42.5 Å². The number of carbonyl (C=O) groups is 3.